The van der Waals surface area contributed by atoms with E-state index in [1.165, 1.54) is 23.5 Å². The van der Waals surface area contributed by atoms with Crippen molar-refractivity contribution in [1.29, 1.82) is 0 Å². The summed E-state index contributed by atoms with van der Waals surface area (Å²) in [7, 11) is 3.32. The van der Waals surface area contributed by atoms with E-state index in [2.05, 4.69) is 18.7 Å². The van der Waals surface area contributed by atoms with Crippen LogP contribution in [0.15, 0.2) is 17.0 Å². The van der Waals surface area contributed by atoms with Gasteiger partial charge in [0.1, 0.15) is 0 Å². The maximum atomic E-state index is 5.35. The molecule has 1 saturated heterocycles. The van der Waals surface area contributed by atoms with Gasteiger partial charge in [-0.1, -0.05) is 0 Å². The Morgan fingerprint density at radius 3 is 2.29 bits per heavy atom. The number of ether oxygens (including phenoxy) is 2. The first-order chi connectivity index (χ1) is 8.26. The van der Waals surface area contributed by atoms with Gasteiger partial charge in [0.2, 0.25) is 0 Å². The van der Waals surface area contributed by atoms with Crippen LogP contribution >= 0.6 is 36.2 Å². The molecule has 0 unspecified atom stereocenters. The van der Waals surface area contributed by atoms with Gasteiger partial charge in [-0.2, -0.15) is 0 Å². The van der Waals surface area contributed by atoms with Crippen molar-refractivity contribution in [3.05, 3.63) is 17.7 Å². The quantitative estimate of drug-likeness (QED) is 0.851. The molecule has 0 radical (unpaired) electrons. The fraction of sp³-hybridized carbons (Fsp3) is 0.500. The van der Waals surface area contributed by atoms with Crippen molar-refractivity contribution >= 4 is 36.2 Å². The molecule has 0 atom stereocenters. The number of thioether (sulfide) groups is 2. The Labute approximate surface area is 116 Å². The molecule has 1 aromatic rings. The Bertz CT molecular complexity index is 390. The van der Waals surface area contributed by atoms with Crippen molar-refractivity contribution < 1.29 is 9.47 Å². The predicted octanol–water partition coefficient (Wildman–Crippen LogP) is 3.86. The molecule has 2 rings (SSSR count). The molecule has 0 spiro atoms. The highest BCUT2D eigenvalue weighted by atomic mass is 32.2. The summed E-state index contributed by atoms with van der Waals surface area (Å²) in [5, 5.41) is 0. The number of hydrogen-bond acceptors (Lipinski definition) is 5. The number of rotatable bonds is 3. The Balaban J connectivity index is 2.32. The van der Waals surface area contributed by atoms with E-state index < -0.39 is 0 Å². The van der Waals surface area contributed by atoms with Crippen LogP contribution in [0.4, 0.5) is 0 Å². The lowest BCUT2D eigenvalue weighted by atomic mass is 10.2. The minimum absolute atomic E-state index is 0.469. The minimum Gasteiger partial charge on any atom is -0.493 e. The number of methoxy groups -OCH3 is 2. The average Bonchev–Trinajstić information content (AvgIpc) is 2.39. The monoisotopic (exact) mass is 288 g/mol. The van der Waals surface area contributed by atoms with Crippen LogP contribution in [0.25, 0.3) is 0 Å². The molecule has 0 bridgehead atoms. The van der Waals surface area contributed by atoms with E-state index in [0.717, 1.165) is 16.4 Å². The molecule has 17 heavy (non-hydrogen) atoms. The largest absolute Gasteiger partial charge is 0.493 e. The third-order valence-corrected chi connectivity index (χ3v) is 5.98. The van der Waals surface area contributed by atoms with Crippen molar-refractivity contribution in [1.82, 2.24) is 0 Å². The third-order valence-electron chi connectivity index (χ3n) is 2.61. The first kappa shape index (κ1) is 13.3. The molecule has 2 nitrogen and oxygen atoms in total. The standard InChI is InChI=1S/C12H16O2S3/c1-13-9-6-8(11(15)7-10(9)14-2)12-16-4-3-5-17-12/h6-7,12,15H,3-5H2,1-2H3. The second kappa shape index (κ2) is 6.16. The van der Waals surface area contributed by atoms with Crippen molar-refractivity contribution in [3.8, 4) is 11.5 Å². The Hall–Kier alpha value is -0.130. The molecule has 0 aliphatic carbocycles. The fourth-order valence-corrected chi connectivity index (χ4v) is 5.17. The molecule has 1 aliphatic rings. The highest BCUT2D eigenvalue weighted by Crippen LogP contribution is 2.47. The molecule has 1 aliphatic heterocycles. The zero-order valence-corrected chi connectivity index (χ0v) is 12.5. The van der Waals surface area contributed by atoms with Gasteiger partial charge in [0.05, 0.1) is 18.8 Å². The lowest BCUT2D eigenvalue weighted by molar-refractivity contribution is 0.353. The van der Waals surface area contributed by atoms with Crippen LogP contribution in [0.5, 0.6) is 11.5 Å². The molecule has 5 heteroatoms. The summed E-state index contributed by atoms with van der Waals surface area (Å²) in [6.07, 6.45) is 1.29. The van der Waals surface area contributed by atoms with Gasteiger partial charge in [-0.05, 0) is 35.6 Å². The average molecular weight is 288 g/mol. The van der Waals surface area contributed by atoms with Crippen LogP contribution in [0.3, 0.4) is 0 Å². The van der Waals surface area contributed by atoms with Crippen LogP contribution in [-0.2, 0) is 0 Å². The molecule has 0 amide bonds. The van der Waals surface area contributed by atoms with Gasteiger partial charge in [-0.15, -0.1) is 36.2 Å². The SMILES string of the molecule is COc1cc(S)c(C2SCCCS2)cc1OC. The van der Waals surface area contributed by atoms with E-state index in [4.69, 9.17) is 9.47 Å². The maximum absolute atomic E-state index is 5.35. The summed E-state index contributed by atoms with van der Waals surface area (Å²) < 4.78 is 11.1. The molecule has 1 aromatic carbocycles. The van der Waals surface area contributed by atoms with Gasteiger partial charge in [-0.25, -0.2) is 0 Å². The third kappa shape index (κ3) is 3.01. The van der Waals surface area contributed by atoms with E-state index in [9.17, 15) is 0 Å². The second-order valence-electron chi connectivity index (χ2n) is 3.69. The lowest BCUT2D eigenvalue weighted by Gasteiger charge is -2.23. The van der Waals surface area contributed by atoms with Crippen molar-refractivity contribution in [2.24, 2.45) is 0 Å². The summed E-state index contributed by atoms with van der Waals surface area (Å²) in [5.41, 5.74) is 1.24. The van der Waals surface area contributed by atoms with Crippen molar-refractivity contribution in [3.63, 3.8) is 0 Å². The first-order valence-electron chi connectivity index (χ1n) is 5.44. The van der Waals surface area contributed by atoms with Gasteiger partial charge in [0, 0.05) is 4.90 Å². The van der Waals surface area contributed by atoms with Gasteiger partial charge in [-0.3, -0.25) is 0 Å². The zero-order chi connectivity index (χ0) is 12.3. The molecular weight excluding hydrogens is 272 g/mol. The van der Waals surface area contributed by atoms with Crippen LogP contribution in [-0.4, -0.2) is 25.7 Å². The zero-order valence-electron chi connectivity index (χ0n) is 9.93. The number of thiol groups is 1. The highest BCUT2D eigenvalue weighted by Gasteiger charge is 2.21. The smallest absolute Gasteiger partial charge is 0.161 e. The number of benzene rings is 1. The van der Waals surface area contributed by atoms with Crippen molar-refractivity contribution in [2.45, 2.75) is 15.9 Å². The summed E-state index contributed by atoms with van der Waals surface area (Å²) in [6.45, 7) is 0. The Morgan fingerprint density at radius 1 is 1.12 bits per heavy atom. The Morgan fingerprint density at radius 2 is 1.71 bits per heavy atom. The second-order valence-corrected chi connectivity index (χ2v) is 6.90. The molecular formula is C12H16O2S3. The lowest BCUT2D eigenvalue weighted by Crippen LogP contribution is -2.02. The molecule has 1 heterocycles. The van der Waals surface area contributed by atoms with E-state index in [1.54, 1.807) is 14.2 Å². The normalized spacial score (nSPS) is 16.9. The topological polar surface area (TPSA) is 18.5 Å². The molecule has 0 N–H and O–H groups in total. The van der Waals surface area contributed by atoms with Crippen LogP contribution < -0.4 is 9.47 Å². The summed E-state index contributed by atoms with van der Waals surface area (Å²) in [6, 6.07) is 3.99. The first-order valence-corrected chi connectivity index (χ1v) is 7.99. The molecule has 0 aromatic heterocycles. The summed E-state index contributed by atoms with van der Waals surface area (Å²) in [5.74, 6) is 3.97. The van der Waals surface area contributed by atoms with Gasteiger partial charge in [0.15, 0.2) is 11.5 Å². The summed E-state index contributed by atoms with van der Waals surface area (Å²) in [4.78, 5) is 0.981. The summed E-state index contributed by atoms with van der Waals surface area (Å²) >= 11 is 8.52. The van der Waals surface area contributed by atoms with Crippen molar-refractivity contribution in [2.75, 3.05) is 25.7 Å². The van der Waals surface area contributed by atoms with E-state index >= 15 is 0 Å². The van der Waals surface area contributed by atoms with Gasteiger partial charge >= 0.3 is 0 Å². The van der Waals surface area contributed by atoms with E-state index in [1.807, 2.05) is 29.6 Å². The number of hydrogen-bond donors (Lipinski definition) is 1. The van der Waals surface area contributed by atoms with Gasteiger partial charge in [0.25, 0.3) is 0 Å². The van der Waals surface area contributed by atoms with Gasteiger partial charge < -0.3 is 9.47 Å². The molecule has 94 valence electrons. The van der Waals surface area contributed by atoms with Crippen LogP contribution in [0, 0.1) is 0 Å². The predicted molar refractivity (Wildman–Crippen MR) is 79.1 cm³/mol. The fourth-order valence-electron chi connectivity index (χ4n) is 1.74. The van der Waals surface area contributed by atoms with E-state index in [0.29, 0.717) is 4.58 Å². The highest BCUT2D eigenvalue weighted by molar-refractivity contribution is 8.16. The molecule has 1 fully saturated rings. The van der Waals surface area contributed by atoms with E-state index in [-0.39, 0.29) is 0 Å². The molecule has 0 saturated carbocycles. The minimum atomic E-state index is 0.469. The van der Waals surface area contributed by atoms with Crippen LogP contribution in [0.2, 0.25) is 0 Å². The maximum Gasteiger partial charge on any atom is 0.161 e. The van der Waals surface area contributed by atoms with Crippen LogP contribution in [0.1, 0.15) is 16.6 Å². The Kier molecular flexibility index (Phi) is 4.82.